The SMILES string of the molecule is Cc1ccc2c(c1)c1cc(C)ccc1n2-c1ccc(-c2cccc(Nc3ccc(-c4cccc(-c5ccccc5)c4)cc3)c2)cc1.c1ccc(-c2ccccc2)cc1. The van der Waals surface area contributed by atoms with E-state index < -0.39 is 0 Å². The Bertz CT molecular complexity index is 2850. The molecule has 1 aromatic heterocycles. The van der Waals surface area contributed by atoms with E-state index >= 15 is 0 Å². The number of nitrogens with zero attached hydrogens (tertiary/aromatic N) is 1. The average molecular weight is 745 g/mol. The minimum Gasteiger partial charge on any atom is -0.356 e. The molecular formula is C56H44N2. The quantitative estimate of drug-likeness (QED) is 0.172. The highest BCUT2D eigenvalue weighted by Gasteiger charge is 2.13. The van der Waals surface area contributed by atoms with E-state index in [4.69, 9.17) is 0 Å². The van der Waals surface area contributed by atoms with Gasteiger partial charge in [-0.15, -0.1) is 0 Å². The minimum absolute atomic E-state index is 1.06. The smallest absolute Gasteiger partial charge is 0.0541 e. The van der Waals surface area contributed by atoms with Crippen LogP contribution in [0.4, 0.5) is 11.4 Å². The monoisotopic (exact) mass is 744 g/mol. The number of benzene rings is 9. The summed E-state index contributed by atoms with van der Waals surface area (Å²) >= 11 is 0. The van der Waals surface area contributed by atoms with Crippen LogP contribution in [0.3, 0.4) is 0 Å². The van der Waals surface area contributed by atoms with Crippen molar-refractivity contribution in [1.29, 1.82) is 0 Å². The zero-order chi connectivity index (χ0) is 39.3. The Morgan fingerprint density at radius 3 is 1.19 bits per heavy atom. The molecule has 2 heteroatoms. The van der Waals surface area contributed by atoms with Crippen LogP contribution in [0.15, 0.2) is 224 Å². The average Bonchev–Trinajstić information content (AvgIpc) is 3.60. The predicted octanol–water partition coefficient (Wildman–Crippen LogP) is 15.5. The number of fused-ring (bicyclic) bond motifs is 3. The van der Waals surface area contributed by atoms with Gasteiger partial charge in [0.1, 0.15) is 0 Å². The molecule has 9 aromatic carbocycles. The highest BCUT2D eigenvalue weighted by molar-refractivity contribution is 6.09. The van der Waals surface area contributed by atoms with E-state index in [0.717, 1.165) is 11.4 Å². The van der Waals surface area contributed by atoms with Gasteiger partial charge in [0, 0.05) is 27.8 Å². The predicted molar refractivity (Wildman–Crippen MR) is 248 cm³/mol. The lowest BCUT2D eigenvalue weighted by molar-refractivity contribution is 1.18. The second-order valence-corrected chi connectivity index (χ2v) is 14.9. The van der Waals surface area contributed by atoms with E-state index in [1.165, 1.54) is 83.1 Å². The van der Waals surface area contributed by atoms with Gasteiger partial charge in [-0.3, -0.25) is 0 Å². The van der Waals surface area contributed by atoms with Crippen molar-refractivity contribution in [3.05, 3.63) is 236 Å². The molecular weight excluding hydrogens is 701 g/mol. The topological polar surface area (TPSA) is 17.0 Å². The molecule has 0 atom stereocenters. The summed E-state index contributed by atoms with van der Waals surface area (Å²) in [6.07, 6.45) is 0. The third-order valence-corrected chi connectivity index (χ3v) is 10.8. The van der Waals surface area contributed by atoms with Crippen LogP contribution in [0.2, 0.25) is 0 Å². The maximum Gasteiger partial charge on any atom is 0.0541 e. The van der Waals surface area contributed by atoms with Gasteiger partial charge < -0.3 is 9.88 Å². The van der Waals surface area contributed by atoms with Crippen LogP contribution in [-0.2, 0) is 0 Å². The van der Waals surface area contributed by atoms with Crippen LogP contribution in [0, 0.1) is 13.8 Å². The van der Waals surface area contributed by atoms with Crippen LogP contribution in [0.5, 0.6) is 0 Å². The van der Waals surface area contributed by atoms with Crippen molar-refractivity contribution in [1.82, 2.24) is 4.57 Å². The molecule has 0 radical (unpaired) electrons. The fourth-order valence-electron chi connectivity index (χ4n) is 7.79. The van der Waals surface area contributed by atoms with E-state index in [9.17, 15) is 0 Å². The molecule has 10 rings (SSSR count). The summed E-state index contributed by atoms with van der Waals surface area (Å²) in [5, 5.41) is 6.21. The van der Waals surface area contributed by atoms with E-state index in [-0.39, 0.29) is 0 Å². The van der Waals surface area contributed by atoms with Crippen LogP contribution >= 0.6 is 0 Å². The molecule has 0 saturated carbocycles. The first-order chi connectivity index (χ1) is 28.6. The Kier molecular flexibility index (Phi) is 10.2. The molecule has 0 aliphatic heterocycles. The maximum atomic E-state index is 3.61. The van der Waals surface area contributed by atoms with Crippen molar-refractivity contribution in [2.45, 2.75) is 13.8 Å². The van der Waals surface area contributed by atoms with Gasteiger partial charge in [0.05, 0.1) is 11.0 Å². The molecule has 0 bridgehead atoms. The number of aromatic nitrogens is 1. The van der Waals surface area contributed by atoms with Crippen LogP contribution < -0.4 is 5.32 Å². The minimum atomic E-state index is 1.06. The van der Waals surface area contributed by atoms with Gasteiger partial charge in [0.2, 0.25) is 0 Å². The molecule has 1 heterocycles. The largest absolute Gasteiger partial charge is 0.356 e. The number of hydrogen-bond donors (Lipinski definition) is 1. The van der Waals surface area contributed by atoms with Crippen molar-refractivity contribution >= 4 is 33.2 Å². The molecule has 0 fully saturated rings. The molecule has 58 heavy (non-hydrogen) atoms. The Morgan fingerprint density at radius 1 is 0.293 bits per heavy atom. The van der Waals surface area contributed by atoms with Crippen molar-refractivity contribution in [3.63, 3.8) is 0 Å². The lowest BCUT2D eigenvalue weighted by Gasteiger charge is -2.12. The third kappa shape index (κ3) is 7.82. The summed E-state index contributed by atoms with van der Waals surface area (Å²) in [4.78, 5) is 0. The maximum absolute atomic E-state index is 3.61. The highest BCUT2D eigenvalue weighted by Crippen LogP contribution is 2.35. The first kappa shape index (κ1) is 36.2. The molecule has 2 nitrogen and oxygen atoms in total. The Hall–Kier alpha value is -7.42. The standard InChI is InChI=1S/C44H34N2.C12H10/c1-30-14-24-43-41(26-30)42-27-31(2)15-25-44(42)46(43)40-22-18-34(19-23-40)37-12-7-13-39(29-37)45-38-20-16-33(17-21-38)36-11-6-10-35(28-36)32-8-4-3-5-9-32;1-3-7-11(8-4-1)12-9-5-2-6-10-12/h3-29,45H,1-2H3;1-10H. The van der Waals surface area contributed by atoms with Gasteiger partial charge in [-0.25, -0.2) is 0 Å². The van der Waals surface area contributed by atoms with E-state index in [1.807, 2.05) is 12.1 Å². The summed E-state index contributed by atoms with van der Waals surface area (Å²) in [7, 11) is 0. The number of anilines is 2. The Labute approximate surface area is 341 Å². The lowest BCUT2D eigenvalue weighted by Crippen LogP contribution is -1.94. The molecule has 278 valence electrons. The first-order valence-electron chi connectivity index (χ1n) is 19.9. The van der Waals surface area contributed by atoms with Crippen molar-refractivity contribution < 1.29 is 0 Å². The normalized spacial score (nSPS) is 10.9. The molecule has 0 aliphatic rings. The second-order valence-electron chi connectivity index (χ2n) is 14.9. The molecule has 10 aromatic rings. The van der Waals surface area contributed by atoms with E-state index in [2.05, 4.69) is 236 Å². The van der Waals surface area contributed by atoms with Crippen molar-refractivity contribution in [3.8, 4) is 50.2 Å². The number of nitrogens with one attached hydrogen (secondary N) is 1. The molecule has 0 spiro atoms. The summed E-state index contributed by atoms with van der Waals surface area (Å²) < 4.78 is 2.38. The fraction of sp³-hybridized carbons (Fsp3) is 0.0357. The van der Waals surface area contributed by atoms with Crippen LogP contribution in [0.25, 0.3) is 72.0 Å². The van der Waals surface area contributed by atoms with Crippen molar-refractivity contribution in [2.24, 2.45) is 0 Å². The van der Waals surface area contributed by atoms with Crippen LogP contribution in [0.1, 0.15) is 11.1 Å². The molecule has 1 N–H and O–H groups in total. The van der Waals surface area contributed by atoms with E-state index in [1.54, 1.807) is 0 Å². The summed E-state index contributed by atoms with van der Waals surface area (Å²) in [5.41, 5.74) is 18.1. The van der Waals surface area contributed by atoms with Crippen LogP contribution in [-0.4, -0.2) is 4.57 Å². The summed E-state index contributed by atoms with van der Waals surface area (Å²) in [5.74, 6) is 0. The Balaban J connectivity index is 0.000000310. The molecule has 0 aliphatic carbocycles. The van der Waals surface area contributed by atoms with Gasteiger partial charge in [0.25, 0.3) is 0 Å². The fourth-order valence-corrected chi connectivity index (χ4v) is 7.79. The van der Waals surface area contributed by atoms with Gasteiger partial charge in [0.15, 0.2) is 0 Å². The molecule has 0 saturated heterocycles. The second kappa shape index (κ2) is 16.4. The lowest BCUT2D eigenvalue weighted by atomic mass is 9.99. The Morgan fingerprint density at radius 2 is 0.690 bits per heavy atom. The van der Waals surface area contributed by atoms with Crippen molar-refractivity contribution in [2.75, 3.05) is 5.32 Å². The van der Waals surface area contributed by atoms with Gasteiger partial charge >= 0.3 is 0 Å². The highest BCUT2D eigenvalue weighted by atomic mass is 15.0. The molecule has 0 amide bonds. The third-order valence-electron chi connectivity index (χ3n) is 10.8. The summed E-state index contributed by atoms with van der Waals surface area (Å²) in [6, 6.07) is 79.8. The number of rotatable bonds is 7. The van der Waals surface area contributed by atoms with Gasteiger partial charge in [-0.2, -0.15) is 0 Å². The summed E-state index contributed by atoms with van der Waals surface area (Å²) in [6.45, 7) is 4.33. The molecule has 0 unspecified atom stereocenters. The first-order valence-corrected chi connectivity index (χ1v) is 19.9. The zero-order valence-corrected chi connectivity index (χ0v) is 32.8. The zero-order valence-electron chi connectivity index (χ0n) is 32.8. The van der Waals surface area contributed by atoms with E-state index in [0.29, 0.717) is 0 Å². The number of aryl methyl sites for hydroxylation is 2. The van der Waals surface area contributed by atoms with Gasteiger partial charge in [-0.1, -0.05) is 169 Å². The van der Waals surface area contributed by atoms with Gasteiger partial charge in [-0.05, 0) is 125 Å². The number of hydrogen-bond acceptors (Lipinski definition) is 1.